The lowest BCUT2D eigenvalue weighted by Crippen LogP contribution is -2.55. The molecule has 0 spiro atoms. The third-order valence-corrected chi connectivity index (χ3v) is 11.1. The van der Waals surface area contributed by atoms with Gasteiger partial charge in [-0.1, -0.05) is 6.92 Å². The maximum absolute atomic E-state index is 14.3. The minimum absolute atomic E-state index is 0.181. The molecule has 0 saturated carbocycles. The number of hydrogen-bond donors (Lipinski definition) is 1. The minimum atomic E-state index is -3.77. The molecule has 4 aliphatic rings. The first-order valence-electron chi connectivity index (χ1n) is 13.3. The van der Waals surface area contributed by atoms with Gasteiger partial charge in [-0.3, -0.25) is 27.9 Å². The van der Waals surface area contributed by atoms with Gasteiger partial charge in [0.1, 0.15) is 6.23 Å². The molecule has 1 unspecified atom stereocenters. The van der Waals surface area contributed by atoms with Crippen LogP contribution in [0.15, 0.2) is 15.8 Å². The molecule has 1 aromatic heterocycles. The van der Waals surface area contributed by atoms with Gasteiger partial charge in [-0.15, -0.1) is 0 Å². The molecule has 0 aromatic carbocycles. The molecule has 1 aromatic rings. The lowest BCUT2D eigenvalue weighted by molar-refractivity contribution is -0.00849. The third-order valence-electron chi connectivity index (χ3n) is 6.56. The van der Waals surface area contributed by atoms with Crippen LogP contribution in [0.1, 0.15) is 38.8 Å². The first-order chi connectivity index (χ1) is 18.3. The van der Waals surface area contributed by atoms with Crippen LogP contribution in [-0.4, -0.2) is 88.7 Å². The summed E-state index contributed by atoms with van der Waals surface area (Å²) in [5, 5.41) is 2.84. The van der Waals surface area contributed by atoms with Crippen LogP contribution in [0.3, 0.4) is 0 Å². The van der Waals surface area contributed by atoms with E-state index in [0.29, 0.717) is 51.7 Å². The lowest BCUT2D eigenvalue weighted by Gasteiger charge is -2.38. The molecule has 5 rings (SSSR count). The number of hydrogen-bond acceptors (Lipinski definition) is 10. The second-order valence-electron chi connectivity index (χ2n) is 9.34. The van der Waals surface area contributed by atoms with Crippen molar-refractivity contribution in [3.63, 3.8) is 0 Å². The van der Waals surface area contributed by atoms with E-state index >= 15 is 0 Å². The van der Waals surface area contributed by atoms with Gasteiger partial charge in [0, 0.05) is 38.8 Å². The van der Waals surface area contributed by atoms with E-state index in [0.717, 1.165) is 41.4 Å². The molecule has 2 atom stereocenters. The number of aromatic nitrogens is 2. The van der Waals surface area contributed by atoms with Gasteiger partial charge in [0.05, 0.1) is 45.8 Å². The number of halogens is 1. The predicted octanol–water partition coefficient (Wildman–Crippen LogP) is 1.31. The zero-order valence-corrected chi connectivity index (χ0v) is 23.7. The van der Waals surface area contributed by atoms with Crippen molar-refractivity contribution in [2.24, 2.45) is 0 Å². The van der Waals surface area contributed by atoms with Crippen LogP contribution < -0.4 is 16.3 Å². The predicted molar refractivity (Wildman–Crippen MR) is 136 cm³/mol. The summed E-state index contributed by atoms with van der Waals surface area (Å²) in [6.45, 7) is 6.38. The Morgan fingerprint density at radius 1 is 1.11 bits per heavy atom. The van der Waals surface area contributed by atoms with E-state index in [1.54, 1.807) is 0 Å². The number of nitrogens with one attached hydrogen (secondary N) is 1. The molecular formula is C22H38FN4O9PSi. The molecule has 1 N–H and O–H groups in total. The SMILES string of the molecule is CCCOP(=O)(NCCC[Si]12OCCN(CCO1)CCO2)OCCn1c(=O)c(F)cn([C@H]2CCCO2)c1=O. The van der Waals surface area contributed by atoms with Crippen molar-refractivity contribution in [3.05, 3.63) is 32.9 Å². The average molecular weight is 581 g/mol. The van der Waals surface area contributed by atoms with Crippen molar-refractivity contribution in [1.29, 1.82) is 0 Å². The first-order valence-corrected chi connectivity index (χ1v) is 16.7. The molecule has 216 valence electrons. The largest absolute Gasteiger partial charge is 0.501 e. The van der Waals surface area contributed by atoms with Crippen molar-refractivity contribution >= 4 is 16.6 Å². The van der Waals surface area contributed by atoms with Crippen LogP contribution in [0.25, 0.3) is 0 Å². The number of ether oxygens (including phenoxy) is 1. The van der Waals surface area contributed by atoms with Crippen LogP contribution >= 0.6 is 7.75 Å². The van der Waals surface area contributed by atoms with Gasteiger partial charge in [0.25, 0.3) is 5.56 Å². The van der Waals surface area contributed by atoms with Crippen molar-refractivity contribution in [2.45, 2.75) is 51.4 Å². The summed E-state index contributed by atoms with van der Waals surface area (Å²) < 4.78 is 64.0. The standard InChI is InChI=1S/C22H38FN4O9PSi/c1-2-11-32-37(30,24-6-4-17-38-34-14-7-25(8-15-35-38)9-16-36-38)33-13-10-26-21(28)19(23)18-27(22(26)29)20-5-3-12-31-20/h18,20H,2-17H2,1H3,(H,24,30)/t20-,37?/m1/s1. The molecule has 0 radical (unpaired) electrons. The van der Waals surface area contributed by atoms with Crippen molar-refractivity contribution in [2.75, 3.05) is 65.8 Å². The Morgan fingerprint density at radius 3 is 2.42 bits per heavy atom. The van der Waals surface area contributed by atoms with Gasteiger partial charge in [0.15, 0.2) is 0 Å². The van der Waals surface area contributed by atoms with Crippen molar-refractivity contribution in [1.82, 2.24) is 19.1 Å². The second kappa shape index (κ2) is 13.9. The summed E-state index contributed by atoms with van der Waals surface area (Å²) in [6.07, 6.45) is 2.68. The maximum Gasteiger partial charge on any atom is 0.501 e. The highest BCUT2D eigenvalue weighted by molar-refractivity contribution is 7.51. The molecule has 16 heteroatoms. The van der Waals surface area contributed by atoms with Crippen LogP contribution in [0.5, 0.6) is 0 Å². The summed E-state index contributed by atoms with van der Waals surface area (Å²) in [6, 6.07) is 0.551. The molecule has 4 saturated heterocycles. The Kier molecular flexibility index (Phi) is 10.9. The molecule has 4 aliphatic heterocycles. The van der Waals surface area contributed by atoms with E-state index in [-0.39, 0.29) is 26.3 Å². The molecule has 2 bridgehead atoms. The zero-order valence-electron chi connectivity index (χ0n) is 21.8. The third kappa shape index (κ3) is 7.68. The van der Waals surface area contributed by atoms with Gasteiger partial charge >= 0.3 is 22.2 Å². The Bertz CT molecular complexity index is 1060. The van der Waals surface area contributed by atoms with Crippen LogP contribution in [0, 0.1) is 5.82 Å². The van der Waals surface area contributed by atoms with Crippen LogP contribution in [0.4, 0.5) is 4.39 Å². The highest BCUT2D eigenvalue weighted by Crippen LogP contribution is 2.43. The molecule has 4 fully saturated rings. The molecule has 13 nitrogen and oxygen atoms in total. The monoisotopic (exact) mass is 580 g/mol. The topological polar surface area (TPSA) is 132 Å². The average Bonchev–Trinajstić information content (AvgIpc) is 3.40. The van der Waals surface area contributed by atoms with E-state index in [4.69, 9.17) is 27.1 Å². The first kappa shape index (κ1) is 29.7. The van der Waals surface area contributed by atoms with Crippen LogP contribution in [0.2, 0.25) is 6.04 Å². The van der Waals surface area contributed by atoms with Gasteiger partial charge in [0.2, 0.25) is 5.82 Å². The van der Waals surface area contributed by atoms with E-state index in [1.807, 2.05) is 6.92 Å². The maximum atomic E-state index is 14.3. The molecule has 5 heterocycles. The summed E-state index contributed by atoms with van der Waals surface area (Å²) in [5.41, 5.74) is -1.79. The van der Waals surface area contributed by atoms with Crippen molar-refractivity contribution < 1.29 is 36.0 Å². The molecular weight excluding hydrogens is 542 g/mol. The molecule has 0 amide bonds. The quantitative estimate of drug-likeness (QED) is 0.206. The molecule has 0 aliphatic carbocycles. The Balaban J connectivity index is 1.33. The summed E-state index contributed by atoms with van der Waals surface area (Å²) in [5.74, 6) is -1.07. The van der Waals surface area contributed by atoms with Gasteiger partial charge in [-0.05, 0) is 25.7 Å². The smallest absolute Gasteiger partial charge is 0.372 e. The molecule has 38 heavy (non-hydrogen) atoms. The fourth-order valence-electron chi connectivity index (χ4n) is 4.55. The normalized spacial score (nSPS) is 27.5. The van der Waals surface area contributed by atoms with E-state index in [9.17, 15) is 18.5 Å². The summed E-state index contributed by atoms with van der Waals surface area (Å²) >= 11 is 0. The summed E-state index contributed by atoms with van der Waals surface area (Å²) in [7, 11) is -6.58. The number of rotatable bonds is 13. The number of nitrogens with zero attached hydrogens (tertiary/aromatic N) is 3. The van der Waals surface area contributed by atoms with E-state index < -0.39 is 39.8 Å². The van der Waals surface area contributed by atoms with Crippen molar-refractivity contribution in [3.8, 4) is 0 Å². The fourth-order valence-corrected chi connectivity index (χ4v) is 8.49. The minimum Gasteiger partial charge on any atom is -0.372 e. The Hall–Kier alpha value is -1.26. The highest BCUT2D eigenvalue weighted by Gasteiger charge is 2.43. The van der Waals surface area contributed by atoms with Crippen LogP contribution in [-0.2, 0) is 38.2 Å². The summed E-state index contributed by atoms with van der Waals surface area (Å²) in [4.78, 5) is 27.4. The number of fused-ring (bicyclic) bond motifs is 6. The van der Waals surface area contributed by atoms with Gasteiger partial charge < -0.3 is 18.0 Å². The second-order valence-corrected chi connectivity index (χ2v) is 13.9. The Morgan fingerprint density at radius 2 is 1.79 bits per heavy atom. The fraction of sp³-hybridized carbons (Fsp3) is 0.818. The van der Waals surface area contributed by atoms with Gasteiger partial charge in [-0.2, -0.15) is 4.39 Å². The lowest BCUT2D eigenvalue weighted by atomic mass is 10.3. The van der Waals surface area contributed by atoms with E-state index in [2.05, 4.69) is 9.99 Å². The highest BCUT2D eigenvalue weighted by atomic mass is 31.2. The van der Waals surface area contributed by atoms with Gasteiger partial charge in [-0.25, -0.2) is 14.4 Å². The Labute approximate surface area is 222 Å². The van der Waals surface area contributed by atoms with E-state index in [1.165, 1.54) is 0 Å². The zero-order chi connectivity index (χ0) is 27.0.